The fraction of sp³-hybridized carbons (Fsp3) is 1.00. The quantitative estimate of drug-likeness (QED) is 0.812. The van der Waals surface area contributed by atoms with Crippen molar-refractivity contribution in [1.29, 1.82) is 0 Å². The zero-order valence-corrected chi connectivity index (χ0v) is 11.8. The number of hydrogen-bond acceptors (Lipinski definition) is 2. The lowest BCUT2D eigenvalue weighted by Gasteiger charge is -2.26. The highest BCUT2D eigenvalue weighted by molar-refractivity contribution is 4.85. The third kappa shape index (κ3) is 4.26. The number of nitrogens with one attached hydrogen (secondary N) is 1. The smallest absolute Gasteiger partial charge is 0.0209 e. The second-order valence-corrected chi connectivity index (χ2v) is 6.28. The van der Waals surface area contributed by atoms with Gasteiger partial charge >= 0.3 is 0 Å². The van der Waals surface area contributed by atoms with Gasteiger partial charge in [0.05, 0.1) is 0 Å². The number of rotatable bonds is 3. The molecule has 100 valence electrons. The Labute approximate surface area is 107 Å². The molecule has 0 bridgehead atoms. The van der Waals surface area contributed by atoms with Gasteiger partial charge in [0.1, 0.15) is 0 Å². The molecule has 0 aromatic carbocycles. The maximum atomic E-state index is 3.93. The summed E-state index contributed by atoms with van der Waals surface area (Å²) in [5, 5.41) is 3.93. The molecule has 0 aromatic heterocycles. The largest absolute Gasteiger partial charge is 0.310 e. The van der Waals surface area contributed by atoms with E-state index in [9.17, 15) is 0 Å². The molecule has 1 saturated heterocycles. The lowest BCUT2D eigenvalue weighted by molar-refractivity contribution is 0.261. The minimum Gasteiger partial charge on any atom is -0.310 e. The fourth-order valence-electron chi connectivity index (χ4n) is 3.35. The molecule has 0 spiro atoms. The predicted octanol–water partition coefficient (Wildman–Crippen LogP) is 3.17. The molecule has 1 N–H and O–H groups in total. The Bertz CT molecular complexity index is 207. The van der Waals surface area contributed by atoms with E-state index in [4.69, 9.17) is 0 Å². The second kappa shape index (κ2) is 6.75. The molecule has 0 radical (unpaired) electrons. The van der Waals surface area contributed by atoms with Crippen LogP contribution in [0.15, 0.2) is 0 Å². The number of likely N-dealkylation sites (tertiary alicyclic amines) is 1. The molecule has 2 nitrogen and oxygen atoms in total. The van der Waals surface area contributed by atoms with E-state index in [2.05, 4.69) is 24.1 Å². The van der Waals surface area contributed by atoms with Gasteiger partial charge in [0.2, 0.25) is 0 Å². The van der Waals surface area contributed by atoms with Gasteiger partial charge in [-0.1, -0.05) is 32.1 Å². The van der Waals surface area contributed by atoms with Gasteiger partial charge in [0, 0.05) is 24.7 Å². The van der Waals surface area contributed by atoms with Crippen molar-refractivity contribution >= 4 is 0 Å². The first kappa shape index (κ1) is 13.4. The van der Waals surface area contributed by atoms with Crippen LogP contribution in [0, 0.1) is 0 Å². The van der Waals surface area contributed by atoms with Crippen LogP contribution < -0.4 is 5.32 Å². The molecule has 0 amide bonds. The summed E-state index contributed by atoms with van der Waals surface area (Å²) in [5.74, 6) is 0. The molecule has 17 heavy (non-hydrogen) atoms. The van der Waals surface area contributed by atoms with Crippen LogP contribution in [0.5, 0.6) is 0 Å². The van der Waals surface area contributed by atoms with Crippen LogP contribution >= 0.6 is 0 Å². The van der Waals surface area contributed by atoms with Gasteiger partial charge in [0.25, 0.3) is 0 Å². The molecule has 1 saturated carbocycles. The SMILES string of the molecule is CC(C)N1CCC(NC2CCCCCCC2)C1. The Morgan fingerprint density at radius 2 is 1.53 bits per heavy atom. The Morgan fingerprint density at radius 1 is 0.882 bits per heavy atom. The minimum absolute atomic E-state index is 0.721. The van der Waals surface area contributed by atoms with Crippen molar-refractivity contribution in [3.63, 3.8) is 0 Å². The van der Waals surface area contributed by atoms with Crippen molar-refractivity contribution in [2.24, 2.45) is 0 Å². The maximum Gasteiger partial charge on any atom is 0.0209 e. The highest BCUT2D eigenvalue weighted by atomic mass is 15.2. The second-order valence-electron chi connectivity index (χ2n) is 6.28. The van der Waals surface area contributed by atoms with E-state index >= 15 is 0 Å². The van der Waals surface area contributed by atoms with Crippen LogP contribution in [0.4, 0.5) is 0 Å². The van der Waals surface area contributed by atoms with Gasteiger partial charge in [-0.15, -0.1) is 0 Å². The third-order valence-corrected chi connectivity index (χ3v) is 4.53. The monoisotopic (exact) mass is 238 g/mol. The Morgan fingerprint density at radius 3 is 2.12 bits per heavy atom. The van der Waals surface area contributed by atoms with E-state index in [1.165, 1.54) is 64.5 Å². The van der Waals surface area contributed by atoms with Gasteiger partial charge in [-0.05, 0) is 39.7 Å². The zero-order chi connectivity index (χ0) is 12.1. The summed E-state index contributed by atoms with van der Waals surface area (Å²) in [6.07, 6.45) is 11.5. The topological polar surface area (TPSA) is 15.3 Å². The Kier molecular flexibility index (Phi) is 5.30. The first-order valence-corrected chi connectivity index (χ1v) is 7.76. The summed E-state index contributed by atoms with van der Waals surface area (Å²) in [6.45, 7) is 7.20. The van der Waals surface area contributed by atoms with Crippen molar-refractivity contribution < 1.29 is 0 Å². The van der Waals surface area contributed by atoms with E-state index in [-0.39, 0.29) is 0 Å². The lowest BCUT2D eigenvalue weighted by Crippen LogP contribution is -2.41. The van der Waals surface area contributed by atoms with Crippen molar-refractivity contribution in [2.75, 3.05) is 13.1 Å². The Balaban J connectivity index is 1.72. The average Bonchev–Trinajstić information content (AvgIpc) is 2.70. The van der Waals surface area contributed by atoms with E-state index in [0.717, 1.165) is 18.1 Å². The molecule has 1 heterocycles. The molecule has 2 fully saturated rings. The van der Waals surface area contributed by atoms with Gasteiger partial charge in [-0.3, -0.25) is 4.90 Å². The summed E-state index contributed by atoms with van der Waals surface area (Å²) in [7, 11) is 0. The Hall–Kier alpha value is -0.0800. The summed E-state index contributed by atoms with van der Waals surface area (Å²) in [4.78, 5) is 2.61. The van der Waals surface area contributed by atoms with Gasteiger partial charge < -0.3 is 5.32 Å². The van der Waals surface area contributed by atoms with E-state index in [0.29, 0.717) is 0 Å². The molecule has 1 atom stereocenters. The molecule has 1 aliphatic carbocycles. The molecular weight excluding hydrogens is 208 g/mol. The first-order chi connectivity index (χ1) is 8.25. The average molecular weight is 238 g/mol. The molecule has 1 unspecified atom stereocenters. The van der Waals surface area contributed by atoms with Crippen LogP contribution in [0.25, 0.3) is 0 Å². The highest BCUT2D eigenvalue weighted by Crippen LogP contribution is 2.19. The van der Waals surface area contributed by atoms with Crippen LogP contribution in [0.3, 0.4) is 0 Å². The van der Waals surface area contributed by atoms with Crippen molar-refractivity contribution in [1.82, 2.24) is 10.2 Å². The van der Waals surface area contributed by atoms with Crippen molar-refractivity contribution in [3.8, 4) is 0 Å². The fourth-order valence-corrected chi connectivity index (χ4v) is 3.35. The lowest BCUT2D eigenvalue weighted by atomic mass is 9.96. The van der Waals surface area contributed by atoms with E-state index in [1.54, 1.807) is 0 Å². The van der Waals surface area contributed by atoms with Crippen LogP contribution in [0.1, 0.15) is 65.2 Å². The number of hydrogen-bond donors (Lipinski definition) is 1. The molecule has 1 aliphatic heterocycles. The molecule has 2 rings (SSSR count). The molecule has 2 aliphatic rings. The van der Waals surface area contributed by atoms with Gasteiger partial charge in [-0.2, -0.15) is 0 Å². The summed E-state index contributed by atoms with van der Waals surface area (Å²) >= 11 is 0. The molecular formula is C15H30N2. The maximum absolute atomic E-state index is 3.93. The third-order valence-electron chi connectivity index (χ3n) is 4.53. The van der Waals surface area contributed by atoms with Crippen molar-refractivity contribution in [3.05, 3.63) is 0 Å². The van der Waals surface area contributed by atoms with Gasteiger partial charge in [-0.25, -0.2) is 0 Å². The zero-order valence-electron chi connectivity index (χ0n) is 11.8. The standard InChI is InChI=1S/C15H30N2/c1-13(2)17-11-10-15(12-17)16-14-8-6-4-3-5-7-9-14/h13-16H,3-12H2,1-2H3. The van der Waals surface area contributed by atoms with E-state index < -0.39 is 0 Å². The molecule has 2 heteroatoms. The van der Waals surface area contributed by atoms with Crippen LogP contribution in [-0.4, -0.2) is 36.1 Å². The summed E-state index contributed by atoms with van der Waals surface area (Å²) in [6, 6.07) is 2.30. The normalized spacial score (nSPS) is 29.5. The first-order valence-electron chi connectivity index (χ1n) is 7.76. The van der Waals surface area contributed by atoms with E-state index in [1.807, 2.05) is 0 Å². The molecule has 0 aromatic rings. The summed E-state index contributed by atoms with van der Waals surface area (Å²) in [5.41, 5.74) is 0. The highest BCUT2D eigenvalue weighted by Gasteiger charge is 2.25. The van der Waals surface area contributed by atoms with Crippen LogP contribution in [0.2, 0.25) is 0 Å². The minimum atomic E-state index is 0.721. The van der Waals surface area contributed by atoms with Gasteiger partial charge in [0.15, 0.2) is 0 Å². The predicted molar refractivity (Wildman–Crippen MR) is 74.4 cm³/mol. The summed E-state index contributed by atoms with van der Waals surface area (Å²) < 4.78 is 0. The van der Waals surface area contributed by atoms with Crippen LogP contribution in [-0.2, 0) is 0 Å². The number of nitrogens with zero attached hydrogens (tertiary/aromatic N) is 1. The van der Waals surface area contributed by atoms with Crippen molar-refractivity contribution in [2.45, 2.75) is 83.3 Å².